The molecular formula is C28H30N2O6. The summed E-state index contributed by atoms with van der Waals surface area (Å²) in [4.78, 5) is 66.5. The second-order valence-corrected chi connectivity index (χ2v) is 9.07. The molecule has 0 spiro atoms. The van der Waals surface area contributed by atoms with E-state index in [0.29, 0.717) is 30.4 Å². The molecule has 0 saturated carbocycles. The van der Waals surface area contributed by atoms with Gasteiger partial charge in [0, 0.05) is 6.54 Å². The van der Waals surface area contributed by atoms with Crippen molar-refractivity contribution in [2.75, 3.05) is 13.2 Å². The van der Waals surface area contributed by atoms with Gasteiger partial charge < -0.3 is 4.74 Å². The largest absolute Gasteiger partial charge is 0.464 e. The predicted octanol–water partition coefficient (Wildman–Crippen LogP) is 4.24. The Kier molecular flexibility index (Phi) is 7.93. The standard InChI is InChI=1S/C28H30N2O6/c1-2-3-4-11-18-36-28(35)23(30-26(33)21-14-7-8-15-22(21)27(30)34)16-9-10-17-29-24(31)19-12-5-6-13-20(19)25(29)32/h5-8,12-15,23H,2-4,9-11,16-18H2,1H3. The van der Waals surface area contributed by atoms with Crippen LogP contribution >= 0.6 is 0 Å². The minimum absolute atomic E-state index is 0.183. The van der Waals surface area contributed by atoms with E-state index in [-0.39, 0.29) is 42.5 Å². The molecule has 2 aliphatic rings. The molecule has 0 aromatic heterocycles. The smallest absolute Gasteiger partial charge is 0.329 e. The van der Waals surface area contributed by atoms with Gasteiger partial charge in [-0.2, -0.15) is 0 Å². The zero-order valence-electron chi connectivity index (χ0n) is 20.4. The molecule has 0 fully saturated rings. The maximum Gasteiger partial charge on any atom is 0.329 e. The third-order valence-electron chi connectivity index (χ3n) is 6.64. The highest BCUT2D eigenvalue weighted by atomic mass is 16.5. The van der Waals surface area contributed by atoms with E-state index in [9.17, 15) is 24.0 Å². The second kappa shape index (κ2) is 11.3. The Bertz CT molecular complexity index is 1120. The van der Waals surface area contributed by atoms with Crippen LogP contribution in [0.5, 0.6) is 0 Å². The molecule has 4 rings (SSSR count). The van der Waals surface area contributed by atoms with Gasteiger partial charge in [0.05, 0.1) is 28.9 Å². The molecular weight excluding hydrogens is 460 g/mol. The number of hydrogen-bond acceptors (Lipinski definition) is 6. The minimum atomic E-state index is -1.06. The molecule has 8 nitrogen and oxygen atoms in total. The van der Waals surface area contributed by atoms with Gasteiger partial charge in [0.15, 0.2) is 0 Å². The summed E-state index contributed by atoms with van der Waals surface area (Å²) in [7, 11) is 0. The summed E-state index contributed by atoms with van der Waals surface area (Å²) in [6.07, 6.45) is 4.76. The van der Waals surface area contributed by atoms with Gasteiger partial charge in [0.2, 0.25) is 0 Å². The third-order valence-corrected chi connectivity index (χ3v) is 6.64. The lowest BCUT2D eigenvalue weighted by Crippen LogP contribution is -2.45. The van der Waals surface area contributed by atoms with Crippen molar-refractivity contribution in [3.05, 3.63) is 70.8 Å². The van der Waals surface area contributed by atoms with E-state index < -0.39 is 23.8 Å². The van der Waals surface area contributed by atoms with Crippen LogP contribution in [0.3, 0.4) is 0 Å². The highest BCUT2D eigenvalue weighted by Crippen LogP contribution is 2.28. The van der Waals surface area contributed by atoms with E-state index in [2.05, 4.69) is 6.92 Å². The lowest BCUT2D eigenvalue weighted by atomic mass is 10.1. The fourth-order valence-electron chi connectivity index (χ4n) is 4.69. The van der Waals surface area contributed by atoms with E-state index in [1.54, 1.807) is 48.5 Å². The van der Waals surface area contributed by atoms with Crippen LogP contribution in [0.25, 0.3) is 0 Å². The number of carbonyl (C=O) groups excluding carboxylic acids is 5. The summed E-state index contributed by atoms with van der Waals surface area (Å²) in [5.41, 5.74) is 1.32. The minimum Gasteiger partial charge on any atom is -0.464 e. The molecule has 2 aliphatic heterocycles. The first kappa shape index (κ1) is 25.3. The zero-order chi connectivity index (χ0) is 25.7. The first-order valence-corrected chi connectivity index (χ1v) is 12.5. The molecule has 1 unspecified atom stereocenters. The Morgan fingerprint density at radius 1 is 0.722 bits per heavy atom. The third kappa shape index (κ3) is 4.94. The second-order valence-electron chi connectivity index (χ2n) is 9.07. The number of esters is 1. The van der Waals surface area contributed by atoms with Crippen molar-refractivity contribution >= 4 is 29.6 Å². The Morgan fingerprint density at radius 2 is 1.25 bits per heavy atom. The van der Waals surface area contributed by atoms with E-state index in [0.717, 1.165) is 24.2 Å². The van der Waals surface area contributed by atoms with Gasteiger partial charge >= 0.3 is 5.97 Å². The van der Waals surface area contributed by atoms with Crippen LogP contribution in [0.1, 0.15) is 93.3 Å². The molecule has 0 bridgehead atoms. The van der Waals surface area contributed by atoms with Crippen LogP contribution in [0.2, 0.25) is 0 Å². The quantitative estimate of drug-likeness (QED) is 0.251. The molecule has 2 aromatic carbocycles. The van der Waals surface area contributed by atoms with E-state index >= 15 is 0 Å². The summed E-state index contributed by atoms with van der Waals surface area (Å²) < 4.78 is 5.46. The van der Waals surface area contributed by atoms with E-state index in [1.165, 1.54) is 4.90 Å². The van der Waals surface area contributed by atoms with Gasteiger partial charge in [0.1, 0.15) is 6.04 Å². The first-order chi connectivity index (χ1) is 17.5. The fraction of sp³-hybridized carbons (Fsp3) is 0.393. The molecule has 8 heteroatoms. The summed E-state index contributed by atoms with van der Waals surface area (Å²) in [6.45, 7) is 2.51. The molecule has 4 amide bonds. The Hall–Kier alpha value is -3.81. The molecule has 1 atom stereocenters. The maximum atomic E-state index is 13.0. The van der Waals surface area contributed by atoms with Crippen LogP contribution in [0.4, 0.5) is 0 Å². The van der Waals surface area contributed by atoms with Gasteiger partial charge in [-0.05, 0) is 49.9 Å². The molecule has 2 heterocycles. The number of ether oxygens (including phenoxy) is 1. The average Bonchev–Trinajstić information content (AvgIpc) is 3.29. The van der Waals surface area contributed by atoms with Gasteiger partial charge in [-0.3, -0.25) is 29.0 Å². The van der Waals surface area contributed by atoms with Gasteiger partial charge in [-0.1, -0.05) is 50.5 Å². The number of fused-ring (bicyclic) bond motifs is 2. The first-order valence-electron chi connectivity index (χ1n) is 12.5. The topological polar surface area (TPSA) is 101 Å². The number of rotatable bonds is 12. The number of nitrogens with zero attached hydrogens (tertiary/aromatic N) is 2. The van der Waals surface area contributed by atoms with Crippen molar-refractivity contribution in [1.29, 1.82) is 0 Å². The highest BCUT2D eigenvalue weighted by molar-refractivity contribution is 6.23. The monoisotopic (exact) mass is 490 g/mol. The van der Waals surface area contributed by atoms with Crippen molar-refractivity contribution in [3.8, 4) is 0 Å². The average molecular weight is 491 g/mol. The SMILES string of the molecule is CCCCCCOC(=O)C(CCCCN1C(=O)c2ccccc2C1=O)N1C(=O)c2ccccc2C1=O. The van der Waals surface area contributed by atoms with E-state index in [4.69, 9.17) is 4.74 Å². The van der Waals surface area contributed by atoms with Crippen molar-refractivity contribution in [3.63, 3.8) is 0 Å². The summed E-state index contributed by atoms with van der Waals surface area (Å²) >= 11 is 0. The molecule has 0 N–H and O–H groups in total. The van der Waals surface area contributed by atoms with Crippen molar-refractivity contribution in [2.45, 2.75) is 57.9 Å². The van der Waals surface area contributed by atoms with Gasteiger partial charge in [0.25, 0.3) is 23.6 Å². The molecule has 2 aromatic rings. The molecule has 188 valence electrons. The van der Waals surface area contributed by atoms with Crippen LogP contribution in [0, 0.1) is 0 Å². The van der Waals surface area contributed by atoms with Crippen LogP contribution < -0.4 is 0 Å². The van der Waals surface area contributed by atoms with Crippen LogP contribution in [0.15, 0.2) is 48.5 Å². The lowest BCUT2D eigenvalue weighted by molar-refractivity contribution is -0.148. The summed E-state index contributed by atoms with van der Waals surface area (Å²) in [5, 5.41) is 0. The van der Waals surface area contributed by atoms with E-state index in [1.807, 2.05) is 0 Å². The molecule has 0 radical (unpaired) electrons. The number of amides is 4. The lowest BCUT2D eigenvalue weighted by Gasteiger charge is -2.25. The number of carbonyl (C=O) groups is 5. The normalized spacial score (nSPS) is 15.4. The summed E-state index contributed by atoms with van der Waals surface area (Å²) in [6, 6.07) is 12.1. The Balaban J connectivity index is 1.40. The van der Waals surface area contributed by atoms with Crippen molar-refractivity contribution in [2.24, 2.45) is 0 Å². The van der Waals surface area contributed by atoms with Gasteiger partial charge in [-0.25, -0.2) is 4.79 Å². The van der Waals surface area contributed by atoms with Gasteiger partial charge in [-0.15, -0.1) is 0 Å². The molecule has 36 heavy (non-hydrogen) atoms. The Morgan fingerprint density at radius 3 is 1.78 bits per heavy atom. The van der Waals surface area contributed by atoms with Crippen LogP contribution in [-0.4, -0.2) is 58.6 Å². The number of unbranched alkanes of at least 4 members (excludes halogenated alkanes) is 4. The maximum absolute atomic E-state index is 13.0. The number of imide groups is 2. The highest BCUT2D eigenvalue weighted by Gasteiger charge is 2.43. The predicted molar refractivity (Wildman–Crippen MR) is 131 cm³/mol. The van der Waals surface area contributed by atoms with Crippen LogP contribution in [-0.2, 0) is 9.53 Å². The fourth-order valence-corrected chi connectivity index (χ4v) is 4.69. The molecule has 0 aliphatic carbocycles. The number of hydrogen-bond donors (Lipinski definition) is 0. The van der Waals surface area contributed by atoms with Crippen molar-refractivity contribution in [1.82, 2.24) is 9.80 Å². The van der Waals surface area contributed by atoms with Crippen molar-refractivity contribution < 1.29 is 28.7 Å². The molecule has 0 saturated heterocycles. The number of benzene rings is 2. The Labute approximate surface area is 210 Å². The zero-order valence-corrected chi connectivity index (χ0v) is 20.4. The summed E-state index contributed by atoms with van der Waals surface area (Å²) in [5.74, 6) is -2.30.